The van der Waals surface area contributed by atoms with Crippen LogP contribution in [0, 0.1) is 0 Å². The van der Waals surface area contributed by atoms with Crippen LogP contribution in [0.25, 0.3) is 0 Å². The minimum atomic E-state index is 0.335. The van der Waals surface area contributed by atoms with Crippen LogP contribution in [-0.4, -0.2) is 16.7 Å². The second kappa shape index (κ2) is 6.14. The van der Waals surface area contributed by atoms with E-state index in [0.29, 0.717) is 24.9 Å². The van der Waals surface area contributed by atoms with Gasteiger partial charge in [-0.05, 0) is 44.0 Å². The molecular formula is C10H9Br3N4O. The third-order valence-electron chi connectivity index (χ3n) is 2.06. The zero-order valence-electron chi connectivity index (χ0n) is 9.08. The summed E-state index contributed by atoms with van der Waals surface area (Å²) in [7, 11) is 0. The van der Waals surface area contributed by atoms with Crippen molar-refractivity contribution in [3.63, 3.8) is 0 Å². The van der Waals surface area contributed by atoms with Gasteiger partial charge in [-0.1, -0.05) is 21.0 Å². The van der Waals surface area contributed by atoms with E-state index in [0.717, 1.165) is 19.1 Å². The molecule has 0 saturated carbocycles. The molecule has 0 aliphatic rings. The van der Waals surface area contributed by atoms with Gasteiger partial charge < -0.3 is 15.5 Å². The summed E-state index contributed by atoms with van der Waals surface area (Å²) in [5.41, 5.74) is 6.24. The average molecular weight is 441 g/mol. The number of hydrogen-bond donors (Lipinski definition) is 2. The second-order valence-corrected chi connectivity index (χ2v) is 6.03. The van der Waals surface area contributed by atoms with Gasteiger partial charge in [0.15, 0.2) is 0 Å². The molecule has 2 aromatic rings. The molecule has 1 heterocycles. The van der Waals surface area contributed by atoms with Crippen LogP contribution in [0.3, 0.4) is 0 Å². The van der Waals surface area contributed by atoms with Crippen LogP contribution in [0.2, 0.25) is 0 Å². The molecular weight excluding hydrogens is 432 g/mol. The lowest BCUT2D eigenvalue weighted by Gasteiger charge is -2.07. The van der Waals surface area contributed by atoms with Crippen LogP contribution in [0.15, 0.2) is 30.0 Å². The Morgan fingerprint density at radius 3 is 2.44 bits per heavy atom. The Bertz CT molecular complexity index is 535. The molecule has 0 aliphatic carbocycles. The zero-order chi connectivity index (χ0) is 13.1. The van der Waals surface area contributed by atoms with Gasteiger partial charge in [0.2, 0.25) is 5.89 Å². The third-order valence-corrected chi connectivity index (χ3v) is 3.77. The van der Waals surface area contributed by atoms with E-state index in [1.165, 1.54) is 0 Å². The third kappa shape index (κ3) is 3.31. The topological polar surface area (TPSA) is 77.0 Å². The molecule has 2 rings (SSSR count). The summed E-state index contributed by atoms with van der Waals surface area (Å²) in [4.78, 5) is 0. The summed E-state index contributed by atoms with van der Waals surface area (Å²) in [5, 5.41) is 10.8. The number of hydrogen-bond acceptors (Lipinski definition) is 5. The van der Waals surface area contributed by atoms with E-state index in [9.17, 15) is 0 Å². The van der Waals surface area contributed by atoms with Crippen molar-refractivity contribution < 1.29 is 4.42 Å². The highest BCUT2D eigenvalue weighted by Crippen LogP contribution is 2.35. The van der Waals surface area contributed by atoms with E-state index in [4.69, 9.17) is 10.2 Å². The molecule has 0 saturated heterocycles. The number of nitrogens with two attached hydrogens (primary N) is 1. The molecule has 1 aromatic carbocycles. The largest absolute Gasteiger partial charge is 0.408 e. The maximum Gasteiger partial charge on any atom is 0.320 e. The number of nitrogens with one attached hydrogen (secondary N) is 1. The zero-order valence-corrected chi connectivity index (χ0v) is 13.8. The fraction of sp³-hybridized carbons (Fsp3) is 0.200. The van der Waals surface area contributed by atoms with Crippen molar-refractivity contribution in [2.24, 2.45) is 5.73 Å². The standard InChI is InChI=1S/C10H9Br3N4O/c11-5-3-6(12)9(7(13)4-5)15-10-17-16-8(18-10)1-2-14/h3-4H,1-2,14H2,(H,15,17). The first-order valence-electron chi connectivity index (χ1n) is 5.04. The molecule has 0 atom stereocenters. The molecule has 8 heteroatoms. The summed E-state index contributed by atoms with van der Waals surface area (Å²) >= 11 is 10.3. The Labute approximate surface area is 129 Å². The first kappa shape index (κ1) is 14.0. The number of aromatic nitrogens is 2. The Morgan fingerprint density at radius 2 is 1.83 bits per heavy atom. The highest BCUT2D eigenvalue weighted by atomic mass is 79.9. The van der Waals surface area contributed by atoms with Crippen LogP contribution in [-0.2, 0) is 6.42 Å². The van der Waals surface area contributed by atoms with Crippen molar-refractivity contribution in [3.05, 3.63) is 31.4 Å². The van der Waals surface area contributed by atoms with E-state index in [2.05, 4.69) is 63.3 Å². The van der Waals surface area contributed by atoms with Crippen molar-refractivity contribution in [1.29, 1.82) is 0 Å². The molecule has 0 unspecified atom stereocenters. The summed E-state index contributed by atoms with van der Waals surface area (Å²) in [6.45, 7) is 0.479. The Balaban J connectivity index is 2.22. The first-order chi connectivity index (χ1) is 8.60. The molecule has 0 fully saturated rings. The predicted molar refractivity (Wildman–Crippen MR) is 79.9 cm³/mol. The normalized spacial score (nSPS) is 10.7. The summed E-state index contributed by atoms with van der Waals surface area (Å²) < 4.78 is 8.12. The van der Waals surface area contributed by atoms with Gasteiger partial charge in [0.25, 0.3) is 0 Å². The molecule has 18 heavy (non-hydrogen) atoms. The highest BCUT2D eigenvalue weighted by molar-refractivity contribution is 9.11. The Morgan fingerprint density at radius 1 is 1.17 bits per heavy atom. The van der Waals surface area contributed by atoms with Crippen LogP contribution < -0.4 is 11.1 Å². The van der Waals surface area contributed by atoms with Gasteiger partial charge in [-0.25, -0.2) is 0 Å². The molecule has 0 radical (unpaired) electrons. The maximum absolute atomic E-state index is 5.42. The van der Waals surface area contributed by atoms with Crippen molar-refractivity contribution in [1.82, 2.24) is 10.2 Å². The number of halogens is 3. The number of nitrogens with zero attached hydrogens (tertiary/aromatic N) is 2. The van der Waals surface area contributed by atoms with Gasteiger partial charge >= 0.3 is 6.01 Å². The number of rotatable bonds is 4. The van der Waals surface area contributed by atoms with Crippen molar-refractivity contribution >= 4 is 59.5 Å². The van der Waals surface area contributed by atoms with Crippen LogP contribution in [0.1, 0.15) is 5.89 Å². The maximum atomic E-state index is 5.42. The molecule has 5 nitrogen and oxygen atoms in total. The lowest BCUT2D eigenvalue weighted by Crippen LogP contribution is -2.02. The van der Waals surface area contributed by atoms with Gasteiger partial charge in [0, 0.05) is 26.4 Å². The van der Waals surface area contributed by atoms with Gasteiger partial charge in [-0.2, -0.15) is 0 Å². The first-order valence-corrected chi connectivity index (χ1v) is 7.42. The Hall–Kier alpha value is -0.440. The fourth-order valence-corrected chi connectivity index (χ4v) is 3.75. The molecule has 0 spiro atoms. The van der Waals surface area contributed by atoms with E-state index < -0.39 is 0 Å². The van der Waals surface area contributed by atoms with E-state index in [1.807, 2.05) is 12.1 Å². The molecule has 0 bridgehead atoms. The SMILES string of the molecule is NCCc1nnc(Nc2c(Br)cc(Br)cc2Br)o1. The van der Waals surface area contributed by atoms with E-state index in [1.54, 1.807) is 0 Å². The summed E-state index contributed by atoms with van der Waals surface area (Å²) in [6, 6.07) is 4.18. The van der Waals surface area contributed by atoms with Crippen molar-refractivity contribution in [3.8, 4) is 0 Å². The molecule has 0 amide bonds. The van der Waals surface area contributed by atoms with Gasteiger partial charge in [-0.15, -0.1) is 5.10 Å². The number of anilines is 2. The minimum absolute atomic E-state index is 0.335. The van der Waals surface area contributed by atoms with E-state index >= 15 is 0 Å². The van der Waals surface area contributed by atoms with E-state index in [-0.39, 0.29) is 0 Å². The second-order valence-electron chi connectivity index (χ2n) is 3.41. The summed E-state index contributed by atoms with van der Waals surface area (Å²) in [5.74, 6) is 0.518. The monoisotopic (exact) mass is 438 g/mol. The lowest BCUT2D eigenvalue weighted by atomic mass is 10.3. The minimum Gasteiger partial charge on any atom is -0.408 e. The van der Waals surface area contributed by atoms with Crippen molar-refractivity contribution in [2.75, 3.05) is 11.9 Å². The average Bonchev–Trinajstić information content (AvgIpc) is 2.72. The molecule has 96 valence electrons. The van der Waals surface area contributed by atoms with Gasteiger partial charge in [0.1, 0.15) is 0 Å². The molecule has 0 aliphatic heterocycles. The van der Waals surface area contributed by atoms with Crippen molar-refractivity contribution in [2.45, 2.75) is 6.42 Å². The van der Waals surface area contributed by atoms with Crippen LogP contribution >= 0.6 is 47.8 Å². The Kier molecular flexibility index (Phi) is 4.77. The van der Waals surface area contributed by atoms with Crippen LogP contribution in [0.5, 0.6) is 0 Å². The predicted octanol–water partition coefficient (Wildman–Crippen LogP) is 3.60. The highest BCUT2D eigenvalue weighted by Gasteiger charge is 2.11. The lowest BCUT2D eigenvalue weighted by molar-refractivity contribution is 0.509. The van der Waals surface area contributed by atoms with Crippen LogP contribution in [0.4, 0.5) is 11.7 Å². The molecule has 3 N–H and O–H groups in total. The fourth-order valence-electron chi connectivity index (χ4n) is 1.30. The smallest absolute Gasteiger partial charge is 0.320 e. The molecule has 1 aromatic heterocycles. The van der Waals surface area contributed by atoms with Gasteiger partial charge in [0.05, 0.1) is 5.69 Å². The number of benzene rings is 1. The quantitative estimate of drug-likeness (QED) is 0.759. The summed E-state index contributed by atoms with van der Waals surface area (Å²) in [6.07, 6.45) is 0.567. The van der Waals surface area contributed by atoms with Gasteiger partial charge in [-0.3, -0.25) is 0 Å².